The highest BCUT2D eigenvalue weighted by Gasteiger charge is 2.26. The van der Waals surface area contributed by atoms with Gasteiger partial charge in [0.1, 0.15) is 29.0 Å². The molecule has 2 heterocycles. The van der Waals surface area contributed by atoms with Gasteiger partial charge >= 0.3 is 0 Å². The molecule has 0 unspecified atom stereocenters. The molecule has 2 aliphatic carbocycles. The van der Waals surface area contributed by atoms with Crippen molar-refractivity contribution in [3.63, 3.8) is 0 Å². The summed E-state index contributed by atoms with van der Waals surface area (Å²) in [6.07, 6.45) is 7.60. The molecule has 9 heteroatoms. The number of hydrogen-bond donors (Lipinski definition) is 3. The number of aryl methyl sites for hydroxylation is 1. The molecule has 1 amide bonds. The molecule has 34 heavy (non-hydrogen) atoms. The van der Waals surface area contributed by atoms with Gasteiger partial charge in [-0.05, 0) is 63.5 Å². The van der Waals surface area contributed by atoms with Crippen molar-refractivity contribution in [2.24, 2.45) is 11.7 Å². The number of carbonyl (C=O) groups excluding carboxylic acids is 1. The summed E-state index contributed by atoms with van der Waals surface area (Å²) < 4.78 is 11.6. The number of nitrogens with zero attached hydrogens (tertiary/aromatic N) is 2. The van der Waals surface area contributed by atoms with Crippen molar-refractivity contribution in [3.05, 3.63) is 35.8 Å². The third-order valence-electron chi connectivity index (χ3n) is 6.72. The number of aromatic nitrogens is 3. The van der Waals surface area contributed by atoms with Gasteiger partial charge < -0.3 is 25.5 Å². The maximum Gasteiger partial charge on any atom is 0.255 e. The molecule has 1 aromatic carbocycles. The fraction of sp³-hybridized carbons (Fsp3) is 0.480. The summed E-state index contributed by atoms with van der Waals surface area (Å²) in [6.45, 7) is 2.58. The van der Waals surface area contributed by atoms with E-state index in [2.05, 4.69) is 20.3 Å². The summed E-state index contributed by atoms with van der Waals surface area (Å²) in [5, 5.41) is 3.18. The highest BCUT2D eigenvalue weighted by Crippen LogP contribution is 2.38. The quantitative estimate of drug-likeness (QED) is 0.463. The summed E-state index contributed by atoms with van der Waals surface area (Å²) in [5.41, 5.74) is 10.2. The number of amides is 1. The zero-order valence-electron chi connectivity index (χ0n) is 19.6. The van der Waals surface area contributed by atoms with Gasteiger partial charge in [-0.25, -0.2) is 9.97 Å². The molecule has 2 aromatic heterocycles. The lowest BCUT2D eigenvalue weighted by Crippen LogP contribution is -2.40. The Morgan fingerprint density at radius 3 is 2.65 bits per heavy atom. The summed E-state index contributed by atoms with van der Waals surface area (Å²) in [4.78, 5) is 25.6. The first-order valence-electron chi connectivity index (χ1n) is 11.7. The fourth-order valence-corrected chi connectivity index (χ4v) is 4.56. The molecule has 2 saturated carbocycles. The van der Waals surface area contributed by atoms with Crippen LogP contribution in [0.1, 0.15) is 54.6 Å². The monoisotopic (exact) mass is 485 g/mol. The molecule has 2 fully saturated rings. The number of nitrogens with two attached hydrogens (primary N) is 1. The van der Waals surface area contributed by atoms with Gasteiger partial charge in [-0.15, -0.1) is 12.4 Å². The zero-order chi connectivity index (χ0) is 22.9. The van der Waals surface area contributed by atoms with Gasteiger partial charge in [0.25, 0.3) is 5.91 Å². The first kappa shape index (κ1) is 24.3. The normalized spacial score (nSPS) is 20.0. The average Bonchev–Trinajstić information content (AvgIpc) is 3.58. The van der Waals surface area contributed by atoms with Crippen LogP contribution in [-0.4, -0.2) is 46.7 Å². The van der Waals surface area contributed by atoms with Crippen LogP contribution in [0.4, 0.5) is 0 Å². The van der Waals surface area contributed by atoms with E-state index in [4.69, 9.17) is 15.2 Å². The van der Waals surface area contributed by atoms with E-state index in [-0.39, 0.29) is 30.4 Å². The van der Waals surface area contributed by atoms with E-state index < -0.39 is 0 Å². The van der Waals surface area contributed by atoms with Crippen LogP contribution >= 0.6 is 12.4 Å². The van der Waals surface area contributed by atoms with E-state index in [0.717, 1.165) is 54.0 Å². The molecule has 182 valence electrons. The molecule has 8 nitrogen and oxygen atoms in total. The van der Waals surface area contributed by atoms with Gasteiger partial charge in [-0.3, -0.25) is 4.79 Å². The number of carbonyl (C=O) groups is 1. The van der Waals surface area contributed by atoms with Crippen LogP contribution in [0.25, 0.3) is 22.3 Å². The number of hydrogen-bond acceptors (Lipinski definition) is 6. The topological polar surface area (TPSA) is 115 Å². The maximum absolute atomic E-state index is 13.2. The molecule has 2 aliphatic rings. The minimum absolute atomic E-state index is 0. The summed E-state index contributed by atoms with van der Waals surface area (Å²) in [5.74, 6) is 1.96. The fourth-order valence-electron chi connectivity index (χ4n) is 4.56. The van der Waals surface area contributed by atoms with Gasteiger partial charge in [-0.1, -0.05) is 0 Å². The molecule has 0 spiro atoms. The van der Waals surface area contributed by atoms with Crippen molar-refractivity contribution in [3.8, 4) is 22.8 Å². The number of fused-ring (bicyclic) bond motifs is 1. The second-order valence-corrected chi connectivity index (χ2v) is 9.27. The number of methoxy groups -OCH3 is 1. The SMILES string of the molecule is COc1ccc(-c2ncnc3c(C(=O)N[C@H]4CC[C@@H](N)CC4)c(C)[nH]c23)c(OCC2CC2)c1.Cl. The second kappa shape index (κ2) is 10.2. The van der Waals surface area contributed by atoms with Gasteiger partial charge in [0.05, 0.1) is 24.8 Å². The third kappa shape index (κ3) is 4.98. The van der Waals surface area contributed by atoms with E-state index in [1.807, 2.05) is 25.1 Å². The molecule has 5 rings (SSSR count). The third-order valence-corrected chi connectivity index (χ3v) is 6.72. The van der Waals surface area contributed by atoms with Crippen molar-refractivity contribution in [2.45, 2.75) is 57.5 Å². The van der Waals surface area contributed by atoms with Crippen molar-refractivity contribution >= 4 is 29.3 Å². The molecule has 0 radical (unpaired) electrons. The van der Waals surface area contributed by atoms with Crippen molar-refractivity contribution in [1.29, 1.82) is 0 Å². The van der Waals surface area contributed by atoms with E-state index in [1.54, 1.807) is 7.11 Å². The molecule has 3 aromatic rings. The van der Waals surface area contributed by atoms with E-state index in [1.165, 1.54) is 19.2 Å². The number of nitrogens with one attached hydrogen (secondary N) is 2. The lowest BCUT2D eigenvalue weighted by atomic mass is 9.91. The Labute approximate surface area is 205 Å². The van der Waals surface area contributed by atoms with Gasteiger partial charge in [0.2, 0.25) is 0 Å². The number of aromatic amines is 1. The van der Waals surface area contributed by atoms with Crippen LogP contribution < -0.4 is 20.5 Å². The Kier molecular flexibility index (Phi) is 7.28. The molecular weight excluding hydrogens is 454 g/mol. The van der Waals surface area contributed by atoms with Crippen molar-refractivity contribution in [1.82, 2.24) is 20.3 Å². The molecule has 0 aliphatic heterocycles. The summed E-state index contributed by atoms with van der Waals surface area (Å²) >= 11 is 0. The first-order chi connectivity index (χ1) is 16.0. The van der Waals surface area contributed by atoms with Crippen molar-refractivity contribution in [2.75, 3.05) is 13.7 Å². The van der Waals surface area contributed by atoms with Gasteiger partial charge in [0.15, 0.2) is 0 Å². The number of benzene rings is 1. The van der Waals surface area contributed by atoms with Crippen LogP contribution in [0, 0.1) is 12.8 Å². The van der Waals surface area contributed by atoms with Crippen LogP contribution in [0.2, 0.25) is 0 Å². The lowest BCUT2D eigenvalue weighted by Gasteiger charge is -2.26. The second-order valence-electron chi connectivity index (χ2n) is 9.27. The number of halogens is 1. The van der Waals surface area contributed by atoms with Gasteiger partial charge in [0, 0.05) is 29.4 Å². The van der Waals surface area contributed by atoms with E-state index in [9.17, 15) is 4.79 Å². The largest absolute Gasteiger partial charge is 0.497 e. The molecule has 0 bridgehead atoms. The Bertz CT molecular complexity index is 1170. The van der Waals surface area contributed by atoms with Crippen LogP contribution in [0.3, 0.4) is 0 Å². The number of H-pyrrole nitrogens is 1. The Balaban J connectivity index is 0.00000274. The standard InChI is InChI=1S/C25H31N5O3.ClH/c1-14-21(25(31)30-17-7-5-16(26)6-8-17)23-24(29-14)22(27-13-28-23)19-10-9-18(32-2)11-20(19)33-12-15-3-4-15;/h9-11,13,15-17,29H,3-8,12,26H2,1-2H3,(H,30,31);1H/t16-,17+;. The molecule has 4 N–H and O–H groups in total. The van der Waals surface area contributed by atoms with Crippen molar-refractivity contribution < 1.29 is 14.3 Å². The smallest absolute Gasteiger partial charge is 0.255 e. The summed E-state index contributed by atoms with van der Waals surface area (Å²) in [7, 11) is 1.64. The maximum atomic E-state index is 13.2. The number of ether oxygens (including phenoxy) is 2. The summed E-state index contributed by atoms with van der Waals surface area (Å²) in [6, 6.07) is 6.12. The highest BCUT2D eigenvalue weighted by molar-refractivity contribution is 6.09. The zero-order valence-corrected chi connectivity index (χ0v) is 20.4. The minimum Gasteiger partial charge on any atom is -0.497 e. The van der Waals surface area contributed by atoms with E-state index in [0.29, 0.717) is 29.3 Å². The minimum atomic E-state index is -0.108. The average molecular weight is 486 g/mol. The van der Waals surface area contributed by atoms with Crippen LogP contribution in [0.15, 0.2) is 24.5 Å². The Morgan fingerprint density at radius 1 is 1.18 bits per heavy atom. The van der Waals surface area contributed by atoms with Crippen LogP contribution in [0.5, 0.6) is 11.5 Å². The number of rotatable bonds is 7. The first-order valence-corrected chi connectivity index (χ1v) is 11.7. The molecular formula is C25H32ClN5O3. The predicted molar refractivity (Wildman–Crippen MR) is 134 cm³/mol. The Morgan fingerprint density at radius 2 is 1.94 bits per heavy atom. The predicted octanol–water partition coefficient (Wildman–Crippen LogP) is 4.15. The molecule has 0 saturated heterocycles. The van der Waals surface area contributed by atoms with Crippen LogP contribution in [-0.2, 0) is 0 Å². The van der Waals surface area contributed by atoms with E-state index >= 15 is 0 Å². The van der Waals surface area contributed by atoms with Gasteiger partial charge in [-0.2, -0.15) is 0 Å². The lowest BCUT2D eigenvalue weighted by molar-refractivity contribution is 0.0927. The molecule has 0 atom stereocenters. The highest BCUT2D eigenvalue weighted by atomic mass is 35.5. The Hall–Kier alpha value is -2.84.